The first kappa shape index (κ1) is 12.1. The molecule has 1 aromatic carbocycles. The summed E-state index contributed by atoms with van der Waals surface area (Å²) in [4.78, 5) is 34.7. The van der Waals surface area contributed by atoms with Crippen molar-refractivity contribution < 1.29 is 19.5 Å². The van der Waals surface area contributed by atoms with Crippen LogP contribution in [-0.2, 0) is 16.0 Å². The molecular weight excluding hydrogens is 236 g/mol. The molecule has 2 N–H and O–H groups in total. The van der Waals surface area contributed by atoms with Gasteiger partial charge >= 0.3 is 5.97 Å². The number of hydrogen-bond donors (Lipinski definition) is 2. The summed E-state index contributed by atoms with van der Waals surface area (Å²) in [7, 11) is 1.42. The number of amides is 2. The van der Waals surface area contributed by atoms with E-state index in [-0.39, 0.29) is 18.4 Å². The Morgan fingerprint density at radius 3 is 2.83 bits per heavy atom. The predicted molar refractivity (Wildman–Crippen MR) is 63.4 cm³/mol. The molecule has 94 valence electrons. The van der Waals surface area contributed by atoms with Gasteiger partial charge in [0.2, 0.25) is 5.91 Å². The van der Waals surface area contributed by atoms with Gasteiger partial charge in [-0.2, -0.15) is 0 Å². The molecule has 2 rings (SSSR count). The number of carbonyl (C=O) groups excluding carboxylic acids is 2. The van der Waals surface area contributed by atoms with Crippen molar-refractivity contribution in [3.05, 3.63) is 29.3 Å². The van der Waals surface area contributed by atoms with E-state index in [4.69, 9.17) is 5.11 Å². The number of benzene rings is 1. The maximum Gasteiger partial charge on any atom is 0.323 e. The smallest absolute Gasteiger partial charge is 0.323 e. The fourth-order valence-electron chi connectivity index (χ4n) is 1.84. The van der Waals surface area contributed by atoms with Gasteiger partial charge in [-0.15, -0.1) is 0 Å². The van der Waals surface area contributed by atoms with Crippen LogP contribution in [0, 0.1) is 0 Å². The first-order valence-electron chi connectivity index (χ1n) is 5.37. The number of likely N-dealkylation sites (N-methyl/N-ethyl adjacent to an activating group) is 1. The van der Waals surface area contributed by atoms with Gasteiger partial charge in [-0.05, 0) is 17.7 Å². The van der Waals surface area contributed by atoms with Crippen molar-refractivity contribution in [1.82, 2.24) is 4.90 Å². The van der Waals surface area contributed by atoms with Crippen molar-refractivity contribution in [3.8, 4) is 0 Å². The monoisotopic (exact) mass is 248 g/mol. The molecular formula is C12H12N2O4. The average molecular weight is 248 g/mol. The number of hydrogen-bond acceptors (Lipinski definition) is 3. The average Bonchev–Trinajstić information content (AvgIpc) is 2.65. The molecule has 0 aromatic heterocycles. The molecule has 0 aliphatic carbocycles. The minimum absolute atomic E-state index is 0.103. The lowest BCUT2D eigenvalue weighted by molar-refractivity contribution is -0.137. The zero-order valence-corrected chi connectivity index (χ0v) is 9.77. The van der Waals surface area contributed by atoms with E-state index in [9.17, 15) is 14.4 Å². The molecule has 1 aromatic rings. The second kappa shape index (κ2) is 4.48. The topological polar surface area (TPSA) is 86.7 Å². The molecule has 0 unspecified atom stereocenters. The molecule has 0 spiro atoms. The van der Waals surface area contributed by atoms with Crippen molar-refractivity contribution in [2.75, 3.05) is 18.9 Å². The third kappa shape index (κ3) is 2.32. The first-order valence-corrected chi connectivity index (χ1v) is 5.37. The summed E-state index contributed by atoms with van der Waals surface area (Å²) in [5, 5.41) is 11.3. The molecule has 0 fully saturated rings. The number of carboxylic acid groups (broad SMARTS) is 1. The van der Waals surface area contributed by atoms with Crippen molar-refractivity contribution in [2.24, 2.45) is 0 Å². The number of fused-ring (bicyclic) bond motifs is 1. The van der Waals surface area contributed by atoms with Crippen molar-refractivity contribution in [2.45, 2.75) is 6.42 Å². The molecule has 2 amide bonds. The summed E-state index contributed by atoms with van der Waals surface area (Å²) in [5.74, 6) is -1.56. The summed E-state index contributed by atoms with van der Waals surface area (Å²) in [6, 6.07) is 4.87. The normalized spacial score (nSPS) is 12.8. The molecule has 1 aliphatic rings. The van der Waals surface area contributed by atoms with Crippen LogP contribution in [0.3, 0.4) is 0 Å². The zero-order valence-electron chi connectivity index (χ0n) is 9.77. The predicted octanol–water partition coefficient (Wildman–Crippen LogP) is 0.338. The van der Waals surface area contributed by atoms with E-state index in [2.05, 4.69) is 5.32 Å². The number of rotatable bonds is 3. The van der Waals surface area contributed by atoms with Gasteiger partial charge < -0.3 is 15.3 Å². The Kier molecular flexibility index (Phi) is 3.01. The minimum atomic E-state index is -1.07. The Hall–Kier alpha value is -2.37. The molecule has 0 saturated carbocycles. The van der Waals surface area contributed by atoms with E-state index >= 15 is 0 Å². The summed E-state index contributed by atoms with van der Waals surface area (Å²) in [6.45, 7) is -0.359. The number of nitrogens with one attached hydrogen (secondary N) is 1. The van der Waals surface area contributed by atoms with Crippen LogP contribution in [0.4, 0.5) is 5.69 Å². The minimum Gasteiger partial charge on any atom is -0.480 e. The highest BCUT2D eigenvalue weighted by molar-refractivity contribution is 6.02. The van der Waals surface area contributed by atoms with Crippen LogP contribution in [0.2, 0.25) is 0 Å². The summed E-state index contributed by atoms with van der Waals surface area (Å²) in [6.07, 6.45) is 0.314. The van der Waals surface area contributed by atoms with Gasteiger partial charge in [-0.1, -0.05) is 6.07 Å². The van der Waals surface area contributed by atoms with Crippen LogP contribution in [0.1, 0.15) is 15.9 Å². The van der Waals surface area contributed by atoms with Crippen LogP contribution in [-0.4, -0.2) is 41.4 Å². The fraction of sp³-hybridized carbons (Fsp3) is 0.250. The summed E-state index contributed by atoms with van der Waals surface area (Å²) in [5.41, 5.74) is 1.83. The van der Waals surface area contributed by atoms with E-state index in [1.54, 1.807) is 18.2 Å². The highest BCUT2D eigenvalue weighted by Crippen LogP contribution is 2.24. The second-order valence-corrected chi connectivity index (χ2v) is 4.15. The van der Waals surface area contributed by atoms with Crippen LogP contribution in [0.15, 0.2) is 18.2 Å². The van der Waals surface area contributed by atoms with Gasteiger partial charge in [-0.3, -0.25) is 14.4 Å². The van der Waals surface area contributed by atoms with Gasteiger partial charge in [-0.25, -0.2) is 0 Å². The van der Waals surface area contributed by atoms with Crippen LogP contribution in [0.25, 0.3) is 0 Å². The number of anilines is 1. The van der Waals surface area contributed by atoms with Crippen LogP contribution >= 0.6 is 0 Å². The number of carbonyl (C=O) groups is 3. The molecule has 0 saturated heterocycles. The maximum atomic E-state index is 11.9. The first-order chi connectivity index (χ1) is 8.47. The lowest BCUT2D eigenvalue weighted by Crippen LogP contribution is -2.31. The summed E-state index contributed by atoms with van der Waals surface area (Å²) >= 11 is 0. The molecule has 1 heterocycles. The van der Waals surface area contributed by atoms with Gasteiger partial charge in [0.25, 0.3) is 5.91 Å². The third-order valence-electron chi connectivity index (χ3n) is 2.70. The van der Waals surface area contributed by atoms with Crippen LogP contribution < -0.4 is 5.32 Å². The molecule has 0 radical (unpaired) electrons. The molecule has 0 atom stereocenters. The zero-order chi connectivity index (χ0) is 13.3. The second-order valence-electron chi connectivity index (χ2n) is 4.15. The van der Waals surface area contributed by atoms with Gasteiger partial charge in [0.1, 0.15) is 6.54 Å². The Morgan fingerprint density at radius 1 is 1.44 bits per heavy atom. The van der Waals surface area contributed by atoms with E-state index in [1.807, 2.05) is 0 Å². The Labute approximate surface area is 103 Å². The van der Waals surface area contributed by atoms with E-state index in [1.165, 1.54) is 7.05 Å². The highest BCUT2D eigenvalue weighted by Gasteiger charge is 2.20. The Morgan fingerprint density at radius 2 is 2.17 bits per heavy atom. The molecule has 6 heteroatoms. The fourth-order valence-corrected chi connectivity index (χ4v) is 1.84. The van der Waals surface area contributed by atoms with Crippen molar-refractivity contribution in [3.63, 3.8) is 0 Å². The molecule has 1 aliphatic heterocycles. The largest absolute Gasteiger partial charge is 0.480 e. The SMILES string of the molecule is CN(CC(=O)O)C(=O)c1ccc2c(c1)NC(=O)C2. The molecule has 6 nitrogen and oxygen atoms in total. The van der Waals surface area contributed by atoms with E-state index in [0.29, 0.717) is 17.7 Å². The number of carboxylic acids is 1. The highest BCUT2D eigenvalue weighted by atomic mass is 16.4. The lowest BCUT2D eigenvalue weighted by atomic mass is 10.1. The van der Waals surface area contributed by atoms with Gasteiger partial charge in [0, 0.05) is 18.3 Å². The van der Waals surface area contributed by atoms with Gasteiger partial charge in [0.05, 0.1) is 6.42 Å². The van der Waals surface area contributed by atoms with Gasteiger partial charge in [0.15, 0.2) is 0 Å². The Bertz CT molecular complexity index is 539. The third-order valence-corrected chi connectivity index (χ3v) is 2.70. The van der Waals surface area contributed by atoms with Crippen molar-refractivity contribution >= 4 is 23.5 Å². The maximum absolute atomic E-state index is 11.9. The Balaban J connectivity index is 2.20. The van der Waals surface area contributed by atoms with Crippen LogP contribution in [0.5, 0.6) is 0 Å². The number of aliphatic carboxylic acids is 1. The van der Waals surface area contributed by atoms with Crippen molar-refractivity contribution in [1.29, 1.82) is 0 Å². The quantitative estimate of drug-likeness (QED) is 0.807. The lowest BCUT2D eigenvalue weighted by Gasteiger charge is -2.14. The summed E-state index contributed by atoms with van der Waals surface area (Å²) < 4.78 is 0. The number of nitrogens with zero attached hydrogens (tertiary/aromatic N) is 1. The van der Waals surface area contributed by atoms with E-state index < -0.39 is 5.97 Å². The van der Waals surface area contributed by atoms with E-state index in [0.717, 1.165) is 10.5 Å². The molecule has 0 bridgehead atoms. The molecule has 18 heavy (non-hydrogen) atoms. The standard InChI is InChI=1S/C12H12N2O4/c1-14(6-11(16)17)12(18)8-3-2-7-5-10(15)13-9(7)4-8/h2-4H,5-6H2,1H3,(H,13,15)(H,16,17).